The number of nitrogens with two attached hydrogens (primary N) is 1. The predicted octanol–water partition coefficient (Wildman–Crippen LogP) is 1.83. The summed E-state index contributed by atoms with van der Waals surface area (Å²) in [7, 11) is 0. The van der Waals surface area contributed by atoms with E-state index in [4.69, 9.17) is 10.3 Å². The Kier molecular flexibility index (Phi) is 4.53. The maximum absolute atomic E-state index is 12.8. The van der Waals surface area contributed by atoms with Crippen LogP contribution >= 0.6 is 12.4 Å². The van der Waals surface area contributed by atoms with Crippen LogP contribution in [0.25, 0.3) is 0 Å². The lowest BCUT2D eigenvalue weighted by atomic mass is 9.77. The molecule has 3 amide bonds. The van der Waals surface area contributed by atoms with Crippen molar-refractivity contribution in [3.63, 3.8) is 0 Å². The number of aromatic nitrogens is 2. The summed E-state index contributed by atoms with van der Waals surface area (Å²) in [6.45, 7) is 2.18. The van der Waals surface area contributed by atoms with Crippen LogP contribution in [-0.4, -0.2) is 32.5 Å². The highest BCUT2D eigenvalue weighted by Gasteiger charge is 2.52. The quantitative estimate of drug-likeness (QED) is 0.785. The zero-order valence-electron chi connectivity index (χ0n) is 14.3. The first-order chi connectivity index (χ1) is 11.4. The summed E-state index contributed by atoms with van der Waals surface area (Å²) in [6.07, 6.45) is 5.98. The van der Waals surface area contributed by atoms with E-state index in [0.29, 0.717) is 24.6 Å². The Morgan fingerprint density at radius 3 is 2.56 bits per heavy atom. The lowest BCUT2D eigenvalue weighted by Crippen LogP contribution is -2.49. The van der Waals surface area contributed by atoms with Gasteiger partial charge in [-0.05, 0) is 50.9 Å². The molecule has 3 N–H and O–H groups in total. The molecule has 0 aromatic carbocycles. The van der Waals surface area contributed by atoms with Gasteiger partial charge in [0.15, 0.2) is 5.82 Å². The normalized spacial score (nSPS) is 30.8. The van der Waals surface area contributed by atoms with Gasteiger partial charge in [0, 0.05) is 0 Å². The fourth-order valence-corrected chi connectivity index (χ4v) is 3.85. The maximum atomic E-state index is 12.8. The smallest absolute Gasteiger partial charge is 0.325 e. The van der Waals surface area contributed by atoms with Crippen molar-refractivity contribution in [3.05, 3.63) is 11.7 Å². The molecule has 0 bridgehead atoms. The molecule has 0 unspecified atom stereocenters. The molecule has 0 radical (unpaired) electrons. The van der Waals surface area contributed by atoms with Gasteiger partial charge >= 0.3 is 6.03 Å². The topological polar surface area (TPSA) is 114 Å². The zero-order valence-corrected chi connectivity index (χ0v) is 15.1. The van der Waals surface area contributed by atoms with Crippen molar-refractivity contribution >= 4 is 24.3 Å². The van der Waals surface area contributed by atoms with E-state index in [2.05, 4.69) is 22.4 Å². The van der Waals surface area contributed by atoms with Crippen molar-refractivity contribution in [2.75, 3.05) is 0 Å². The molecule has 2 aliphatic carbocycles. The van der Waals surface area contributed by atoms with Gasteiger partial charge < -0.3 is 15.6 Å². The van der Waals surface area contributed by atoms with E-state index in [0.717, 1.165) is 32.1 Å². The first-order valence-electron chi connectivity index (χ1n) is 8.68. The van der Waals surface area contributed by atoms with Crippen molar-refractivity contribution in [1.29, 1.82) is 0 Å². The lowest BCUT2D eigenvalue weighted by Gasteiger charge is -2.34. The standard InChI is InChI=1S/C16H23N5O3.ClH/c1-10-3-7-16(8-4-10)13(22)21(14(23)19-16)9-11-18-12(20-24-11)15(17)5-2-6-15;/h10H,2-9,17H2,1H3,(H,19,23);1H. The molecule has 25 heavy (non-hydrogen) atoms. The third-order valence-corrected chi connectivity index (χ3v) is 5.83. The molecule has 8 nitrogen and oxygen atoms in total. The van der Waals surface area contributed by atoms with Crippen LogP contribution in [0, 0.1) is 5.92 Å². The monoisotopic (exact) mass is 369 g/mol. The Hall–Kier alpha value is -1.67. The Morgan fingerprint density at radius 1 is 1.28 bits per heavy atom. The molecule has 9 heteroatoms. The van der Waals surface area contributed by atoms with Gasteiger partial charge in [0.1, 0.15) is 12.1 Å². The predicted molar refractivity (Wildman–Crippen MR) is 90.7 cm³/mol. The Bertz CT molecular complexity index is 679. The van der Waals surface area contributed by atoms with Crippen molar-refractivity contribution in [1.82, 2.24) is 20.4 Å². The molecule has 3 fully saturated rings. The molecule has 1 aromatic rings. The average Bonchev–Trinajstić information content (AvgIpc) is 3.08. The van der Waals surface area contributed by atoms with Gasteiger partial charge in [-0.1, -0.05) is 12.1 Å². The second kappa shape index (κ2) is 6.25. The number of hydrogen-bond donors (Lipinski definition) is 2. The fraction of sp³-hybridized carbons (Fsp3) is 0.750. The number of carbonyl (C=O) groups is 2. The van der Waals surface area contributed by atoms with Gasteiger partial charge in [0.25, 0.3) is 5.91 Å². The molecular weight excluding hydrogens is 346 g/mol. The van der Waals surface area contributed by atoms with Gasteiger partial charge in [0.05, 0.1) is 5.54 Å². The van der Waals surface area contributed by atoms with E-state index in [1.807, 2.05) is 0 Å². The second-order valence-corrected chi connectivity index (χ2v) is 7.61. The molecule has 4 rings (SSSR count). The van der Waals surface area contributed by atoms with Crippen molar-refractivity contribution < 1.29 is 14.1 Å². The van der Waals surface area contributed by atoms with E-state index in [9.17, 15) is 9.59 Å². The maximum Gasteiger partial charge on any atom is 0.325 e. The van der Waals surface area contributed by atoms with Gasteiger partial charge in [-0.25, -0.2) is 4.79 Å². The van der Waals surface area contributed by atoms with Crippen LogP contribution in [0.1, 0.15) is 63.6 Å². The van der Waals surface area contributed by atoms with E-state index in [1.54, 1.807) is 0 Å². The van der Waals surface area contributed by atoms with E-state index >= 15 is 0 Å². The second-order valence-electron chi connectivity index (χ2n) is 7.61. The summed E-state index contributed by atoms with van der Waals surface area (Å²) in [5.74, 6) is 1.14. The molecule has 138 valence electrons. The largest absolute Gasteiger partial charge is 0.337 e. The highest BCUT2D eigenvalue weighted by molar-refractivity contribution is 6.06. The number of carbonyl (C=O) groups excluding carboxylic acids is 2. The van der Waals surface area contributed by atoms with E-state index in [1.165, 1.54) is 4.90 Å². The number of nitrogens with zero attached hydrogens (tertiary/aromatic N) is 3. The molecule has 2 saturated carbocycles. The highest BCUT2D eigenvalue weighted by Crippen LogP contribution is 2.38. The SMILES string of the molecule is CC1CCC2(CC1)NC(=O)N(Cc1nc(C3(N)CCC3)no1)C2=O.Cl. The molecule has 1 spiro atoms. The van der Waals surface area contributed by atoms with Gasteiger partial charge in [-0.3, -0.25) is 9.69 Å². The fourth-order valence-electron chi connectivity index (χ4n) is 3.85. The average molecular weight is 370 g/mol. The molecule has 1 saturated heterocycles. The molecule has 0 atom stereocenters. The number of urea groups is 1. The third-order valence-electron chi connectivity index (χ3n) is 5.83. The van der Waals surface area contributed by atoms with Crippen LogP contribution in [0.5, 0.6) is 0 Å². The van der Waals surface area contributed by atoms with E-state index < -0.39 is 11.1 Å². The summed E-state index contributed by atoms with van der Waals surface area (Å²) >= 11 is 0. The van der Waals surface area contributed by atoms with Crippen molar-refractivity contribution in [3.8, 4) is 0 Å². The van der Waals surface area contributed by atoms with Crippen LogP contribution < -0.4 is 11.1 Å². The number of imide groups is 1. The Labute approximate surface area is 152 Å². The summed E-state index contributed by atoms with van der Waals surface area (Å²) in [4.78, 5) is 30.6. The minimum absolute atomic E-state index is 0. The van der Waals surface area contributed by atoms with Gasteiger partial charge in [-0.15, -0.1) is 12.4 Å². The van der Waals surface area contributed by atoms with Crippen LogP contribution in [0.3, 0.4) is 0 Å². The van der Waals surface area contributed by atoms with Gasteiger partial charge in [0.2, 0.25) is 5.89 Å². The molecule has 3 aliphatic rings. The minimum atomic E-state index is -0.741. The van der Waals surface area contributed by atoms with Crippen LogP contribution in [0.2, 0.25) is 0 Å². The van der Waals surface area contributed by atoms with Crippen LogP contribution in [0.4, 0.5) is 4.79 Å². The first kappa shape index (κ1) is 18.1. The van der Waals surface area contributed by atoms with E-state index in [-0.39, 0.29) is 36.8 Å². The van der Waals surface area contributed by atoms with Crippen molar-refractivity contribution in [2.24, 2.45) is 11.7 Å². The van der Waals surface area contributed by atoms with Crippen LogP contribution in [0.15, 0.2) is 4.52 Å². The van der Waals surface area contributed by atoms with Crippen molar-refractivity contribution in [2.45, 2.75) is 69.5 Å². The third kappa shape index (κ3) is 2.91. The summed E-state index contributed by atoms with van der Waals surface area (Å²) in [5, 5.41) is 6.83. The lowest BCUT2D eigenvalue weighted by molar-refractivity contribution is -0.133. The zero-order chi connectivity index (χ0) is 16.9. The Morgan fingerprint density at radius 2 is 1.96 bits per heavy atom. The number of amides is 3. The number of nitrogens with one attached hydrogen (secondary N) is 1. The number of hydrogen-bond acceptors (Lipinski definition) is 6. The molecule has 2 heterocycles. The molecule has 1 aromatic heterocycles. The van der Waals surface area contributed by atoms with Crippen LogP contribution in [-0.2, 0) is 16.9 Å². The first-order valence-corrected chi connectivity index (χ1v) is 8.68. The minimum Gasteiger partial charge on any atom is -0.337 e. The number of rotatable bonds is 3. The summed E-state index contributed by atoms with van der Waals surface area (Å²) in [6, 6.07) is -0.375. The molecular formula is C16H24ClN5O3. The Balaban J connectivity index is 0.00000182. The highest BCUT2D eigenvalue weighted by atomic mass is 35.5. The number of halogens is 1. The van der Waals surface area contributed by atoms with Gasteiger partial charge in [-0.2, -0.15) is 4.98 Å². The summed E-state index contributed by atoms with van der Waals surface area (Å²) < 4.78 is 5.22. The molecule has 1 aliphatic heterocycles. The summed E-state index contributed by atoms with van der Waals surface area (Å²) in [5.41, 5.74) is 4.93.